The molecular weight excluding hydrogens is 171 g/mol. The van der Waals surface area contributed by atoms with E-state index >= 15 is 0 Å². The summed E-state index contributed by atoms with van der Waals surface area (Å²) in [6.45, 7) is 0. The maximum atomic E-state index is 8.74. The summed E-state index contributed by atoms with van der Waals surface area (Å²) >= 11 is 3.64. The van der Waals surface area contributed by atoms with Crippen LogP contribution in [0.3, 0.4) is 0 Å². The largest absolute Gasteiger partial charge is 1.00 e. The quantitative estimate of drug-likeness (QED) is 0.263. The van der Waals surface area contributed by atoms with Crippen molar-refractivity contribution in [3.8, 4) is 0 Å². The summed E-state index contributed by atoms with van der Waals surface area (Å²) in [5.41, 5.74) is 0. The number of hydrogen-bond donors (Lipinski definition) is 3. The third-order valence-corrected chi connectivity index (χ3v) is 0. The molecule has 0 bridgehead atoms. The zero-order chi connectivity index (χ0) is 6.50. The summed E-state index contributed by atoms with van der Waals surface area (Å²) in [6, 6.07) is 0. The van der Waals surface area contributed by atoms with Gasteiger partial charge in [-0.05, 0) is 0 Å². The van der Waals surface area contributed by atoms with Gasteiger partial charge in [-0.1, -0.05) is 0 Å². The molecule has 0 aliphatic rings. The van der Waals surface area contributed by atoms with Crippen LogP contribution in [0.1, 0.15) is 1.43 Å². The van der Waals surface area contributed by atoms with E-state index in [9.17, 15) is 0 Å². The summed E-state index contributed by atoms with van der Waals surface area (Å²) in [5.74, 6) is 0. The van der Waals surface area contributed by atoms with Crippen LogP contribution in [0.25, 0.3) is 0 Å². The predicted octanol–water partition coefficient (Wildman–Crippen LogP) is -3.40. The molecule has 3 N–H and O–H groups in total. The molecule has 0 aromatic carbocycles. The average molecular weight is 175 g/mol. The minimum Gasteiger partial charge on any atom is -1.00 e. The second-order valence-electron chi connectivity index (χ2n) is 0.448. The molecule has 0 aromatic rings. The van der Waals surface area contributed by atoms with E-state index < -0.39 is 10.4 Å². The van der Waals surface area contributed by atoms with E-state index in [0.717, 1.165) is 0 Å². The van der Waals surface area contributed by atoms with Gasteiger partial charge in [-0.3, -0.25) is 13.8 Å². The van der Waals surface area contributed by atoms with E-state index in [4.69, 9.17) is 22.2 Å². The van der Waals surface area contributed by atoms with Crippen LogP contribution < -0.4 is 29.6 Å². The second-order valence-corrected chi connectivity index (χ2v) is 1.34. The van der Waals surface area contributed by atoms with Crippen molar-refractivity contribution in [1.82, 2.24) is 0 Å². The van der Waals surface area contributed by atoms with Gasteiger partial charge < -0.3 is 1.43 Å². The Kier molecular flexibility index (Phi) is 16.3. The zero-order valence-electron chi connectivity index (χ0n) is 4.94. The molecule has 0 rings (SSSR count). The van der Waals surface area contributed by atoms with Crippen molar-refractivity contribution in [2.45, 2.75) is 0 Å². The van der Waals surface area contributed by atoms with Gasteiger partial charge in [0.15, 0.2) is 0 Å². The van der Waals surface area contributed by atoms with E-state index in [2.05, 4.69) is 11.9 Å². The summed E-state index contributed by atoms with van der Waals surface area (Å²) in [4.78, 5) is 0. The van der Waals surface area contributed by atoms with Crippen LogP contribution in [-0.4, -0.2) is 22.2 Å². The molecule has 5 nitrogen and oxygen atoms in total. The maximum Gasteiger partial charge on any atom is 1.00 e. The van der Waals surface area contributed by atoms with Gasteiger partial charge in [-0.15, -0.1) is 0 Å². The molecule has 0 radical (unpaired) electrons. The molecule has 0 amide bonds. The topological polar surface area (TPSA) is 94.8 Å². The first-order valence-electron chi connectivity index (χ1n) is 0.868. The maximum absolute atomic E-state index is 8.74. The van der Waals surface area contributed by atoms with Crippen molar-refractivity contribution in [2.75, 3.05) is 0 Å². The van der Waals surface area contributed by atoms with Crippen molar-refractivity contribution in [2.24, 2.45) is 0 Å². The van der Waals surface area contributed by atoms with Crippen LogP contribution in [0.15, 0.2) is 0 Å². The van der Waals surface area contributed by atoms with Crippen LogP contribution in [-0.2, 0) is 10.4 Å². The van der Waals surface area contributed by atoms with Crippen LogP contribution >= 0.6 is 11.9 Å². The van der Waals surface area contributed by atoms with Crippen LogP contribution in [0.5, 0.6) is 0 Å². The van der Waals surface area contributed by atoms with Crippen molar-refractivity contribution in [3.63, 3.8) is 0 Å². The monoisotopic (exact) mass is 174 g/mol. The molecule has 0 fully saturated rings. The molecule has 0 aromatic heterocycles. The van der Waals surface area contributed by atoms with Crippen molar-refractivity contribution < 1.29 is 53.2 Å². The molecule has 0 aliphatic heterocycles. The Hall–Kier alpha value is 1.12. The smallest absolute Gasteiger partial charge is 1.00 e. The number of hydrogen-bond acceptors (Lipinski definition) is 3. The summed E-state index contributed by atoms with van der Waals surface area (Å²) < 4.78 is 38.1. The minimum atomic E-state index is -4.67. The SMILES string of the molecule is O=S(=O)(O)O.OCl.[H-].[Na+]. The normalized spacial score (nSPS) is 8.00. The Labute approximate surface area is 75.2 Å². The Balaban J connectivity index is -0.0000000286. The Bertz CT molecular complexity index is 100. The standard InChI is InChI=1S/ClHO.Na.H2O4S.H/c1-2;;1-5(2,3)4;/h2H;;(H2,1,2,3,4);/q;+1;;-1. The first-order chi connectivity index (χ1) is 3.00. The van der Waals surface area contributed by atoms with Gasteiger partial charge in [-0.25, -0.2) is 0 Å². The Morgan fingerprint density at radius 2 is 1.25 bits per heavy atom. The molecular formula is H4ClNaO5S. The molecule has 0 aliphatic carbocycles. The van der Waals surface area contributed by atoms with Gasteiger partial charge in [0, 0.05) is 0 Å². The molecule has 8 heavy (non-hydrogen) atoms. The van der Waals surface area contributed by atoms with Gasteiger partial charge in [0.25, 0.3) is 0 Å². The Morgan fingerprint density at radius 3 is 1.25 bits per heavy atom. The fourth-order valence-electron chi connectivity index (χ4n) is 0. The first kappa shape index (κ1) is 16.1. The average Bonchev–Trinajstić information content (AvgIpc) is 1.36. The molecule has 0 spiro atoms. The summed E-state index contributed by atoms with van der Waals surface area (Å²) in [5, 5.41) is 0. The molecule has 0 atom stereocenters. The Morgan fingerprint density at radius 1 is 1.25 bits per heavy atom. The zero-order valence-corrected chi connectivity index (χ0v) is 7.52. The van der Waals surface area contributed by atoms with Crippen molar-refractivity contribution in [3.05, 3.63) is 0 Å². The van der Waals surface area contributed by atoms with Gasteiger partial charge in [0.05, 0.1) is 11.9 Å². The molecule has 48 valence electrons. The van der Waals surface area contributed by atoms with E-state index in [1.54, 1.807) is 0 Å². The van der Waals surface area contributed by atoms with Gasteiger partial charge in [0.2, 0.25) is 0 Å². The molecule has 0 saturated carbocycles. The van der Waals surface area contributed by atoms with Gasteiger partial charge in [0.1, 0.15) is 0 Å². The van der Waals surface area contributed by atoms with Crippen LogP contribution in [0.4, 0.5) is 0 Å². The van der Waals surface area contributed by atoms with Crippen LogP contribution in [0, 0.1) is 0 Å². The third kappa shape index (κ3) is 213. The summed E-state index contributed by atoms with van der Waals surface area (Å²) in [7, 11) is -4.67. The second kappa shape index (κ2) is 8.12. The van der Waals surface area contributed by atoms with E-state index in [1.807, 2.05) is 0 Å². The predicted molar refractivity (Wildman–Crippen MR) is 23.4 cm³/mol. The first-order valence-corrected chi connectivity index (χ1v) is 2.60. The number of rotatable bonds is 0. The van der Waals surface area contributed by atoms with Crippen molar-refractivity contribution >= 4 is 22.3 Å². The van der Waals surface area contributed by atoms with E-state index in [1.165, 1.54) is 0 Å². The van der Waals surface area contributed by atoms with Crippen molar-refractivity contribution in [1.29, 1.82) is 0 Å². The molecule has 0 unspecified atom stereocenters. The molecule has 0 heterocycles. The fourth-order valence-corrected chi connectivity index (χ4v) is 0. The van der Waals surface area contributed by atoms with Crippen LogP contribution in [0.2, 0.25) is 0 Å². The molecule has 0 saturated heterocycles. The summed E-state index contributed by atoms with van der Waals surface area (Å²) in [6.07, 6.45) is 0. The minimum absolute atomic E-state index is 0. The van der Waals surface area contributed by atoms with Gasteiger partial charge in [-0.2, -0.15) is 8.42 Å². The van der Waals surface area contributed by atoms with E-state index in [0.29, 0.717) is 0 Å². The van der Waals surface area contributed by atoms with Gasteiger partial charge >= 0.3 is 40.0 Å². The van der Waals surface area contributed by atoms with E-state index in [-0.39, 0.29) is 31.0 Å². The molecule has 8 heteroatoms. The fraction of sp³-hybridized carbons (Fsp3) is 0. The third-order valence-electron chi connectivity index (χ3n) is 0. The number of halogens is 1.